The number of nitrogens with one attached hydrogen (secondary N) is 1. The molecule has 0 aliphatic rings. The second-order valence-corrected chi connectivity index (χ2v) is 4.86. The Kier molecular flexibility index (Phi) is 5.84. The van der Waals surface area contributed by atoms with Crippen LogP contribution in [0.1, 0.15) is 12.0 Å². The number of halogens is 2. The molecule has 2 aromatic rings. The van der Waals surface area contributed by atoms with E-state index in [1.807, 2.05) is 30.3 Å². The summed E-state index contributed by atoms with van der Waals surface area (Å²) in [7, 11) is 0. The third-order valence-corrected chi connectivity index (χ3v) is 3.08. The van der Waals surface area contributed by atoms with Crippen LogP contribution in [0, 0.1) is 5.82 Å². The van der Waals surface area contributed by atoms with Crippen molar-refractivity contribution in [1.29, 1.82) is 0 Å². The van der Waals surface area contributed by atoms with Crippen molar-refractivity contribution in [3.63, 3.8) is 0 Å². The molecule has 20 heavy (non-hydrogen) atoms. The van der Waals surface area contributed by atoms with Crippen molar-refractivity contribution >= 4 is 11.6 Å². The Morgan fingerprint density at radius 3 is 2.65 bits per heavy atom. The van der Waals surface area contributed by atoms with Crippen molar-refractivity contribution < 1.29 is 9.13 Å². The summed E-state index contributed by atoms with van der Waals surface area (Å²) in [5.41, 5.74) is 0.623. The minimum absolute atomic E-state index is 0.273. The van der Waals surface area contributed by atoms with Crippen molar-refractivity contribution in [2.75, 3.05) is 13.2 Å². The number of benzene rings is 2. The topological polar surface area (TPSA) is 21.3 Å². The van der Waals surface area contributed by atoms with Gasteiger partial charge in [-0.15, -0.1) is 0 Å². The van der Waals surface area contributed by atoms with E-state index in [0.29, 0.717) is 23.7 Å². The lowest BCUT2D eigenvalue weighted by Crippen LogP contribution is -2.17. The van der Waals surface area contributed by atoms with E-state index in [1.54, 1.807) is 12.1 Å². The van der Waals surface area contributed by atoms with Gasteiger partial charge in [0.1, 0.15) is 11.6 Å². The van der Waals surface area contributed by atoms with Crippen molar-refractivity contribution in [1.82, 2.24) is 5.32 Å². The molecule has 4 heteroatoms. The van der Waals surface area contributed by atoms with Crippen LogP contribution in [0.2, 0.25) is 5.02 Å². The summed E-state index contributed by atoms with van der Waals surface area (Å²) in [6.07, 6.45) is 0.865. The number of ether oxygens (including phenoxy) is 1. The van der Waals surface area contributed by atoms with Gasteiger partial charge in [-0.3, -0.25) is 0 Å². The Labute approximate surface area is 123 Å². The molecular weight excluding hydrogens is 277 g/mol. The second kappa shape index (κ2) is 7.88. The maximum Gasteiger partial charge on any atom is 0.129 e. The standard InChI is InChI=1S/C16H17ClFNO/c17-14-8-7-13(16(18)11-14)12-19-9-4-10-20-15-5-2-1-3-6-15/h1-3,5-8,11,19H,4,9-10,12H2. The van der Waals surface area contributed by atoms with Crippen LogP contribution in [-0.4, -0.2) is 13.2 Å². The maximum absolute atomic E-state index is 13.5. The summed E-state index contributed by atoms with van der Waals surface area (Å²) < 4.78 is 19.1. The van der Waals surface area contributed by atoms with Gasteiger partial charge >= 0.3 is 0 Å². The molecule has 2 nitrogen and oxygen atoms in total. The van der Waals surface area contributed by atoms with E-state index in [1.165, 1.54) is 6.07 Å². The Balaban J connectivity index is 1.62. The van der Waals surface area contributed by atoms with E-state index in [4.69, 9.17) is 16.3 Å². The monoisotopic (exact) mass is 293 g/mol. The number of hydrogen-bond acceptors (Lipinski definition) is 2. The molecule has 2 aromatic carbocycles. The van der Waals surface area contributed by atoms with Gasteiger partial charge in [0, 0.05) is 17.1 Å². The van der Waals surface area contributed by atoms with Crippen molar-refractivity contribution in [2.45, 2.75) is 13.0 Å². The lowest BCUT2D eigenvalue weighted by atomic mass is 10.2. The molecule has 0 radical (unpaired) electrons. The van der Waals surface area contributed by atoms with Gasteiger partial charge in [-0.2, -0.15) is 0 Å². The van der Waals surface area contributed by atoms with Crippen LogP contribution in [0.4, 0.5) is 4.39 Å². The van der Waals surface area contributed by atoms with E-state index in [9.17, 15) is 4.39 Å². The highest BCUT2D eigenvalue weighted by molar-refractivity contribution is 6.30. The average Bonchev–Trinajstić information content (AvgIpc) is 2.46. The van der Waals surface area contributed by atoms with Crippen molar-refractivity contribution in [3.8, 4) is 5.75 Å². The van der Waals surface area contributed by atoms with Gasteiger partial charge in [-0.1, -0.05) is 35.9 Å². The molecule has 0 heterocycles. The van der Waals surface area contributed by atoms with Gasteiger partial charge in [0.15, 0.2) is 0 Å². The van der Waals surface area contributed by atoms with Crippen LogP contribution in [-0.2, 0) is 6.54 Å². The molecule has 0 amide bonds. The zero-order valence-corrected chi connectivity index (χ0v) is 11.9. The highest BCUT2D eigenvalue weighted by Gasteiger charge is 2.02. The molecule has 0 saturated heterocycles. The van der Waals surface area contributed by atoms with Crippen molar-refractivity contribution in [3.05, 3.63) is 64.9 Å². The molecule has 106 valence electrons. The fraction of sp³-hybridized carbons (Fsp3) is 0.250. The summed E-state index contributed by atoms with van der Waals surface area (Å²) in [5.74, 6) is 0.599. The lowest BCUT2D eigenvalue weighted by molar-refractivity contribution is 0.308. The number of hydrogen-bond donors (Lipinski definition) is 1. The van der Waals surface area contributed by atoms with Crippen molar-refractivity contribution in [2.24, 2.45) is 0 Å². The van der Waals surface area contributed by atoms with E-state index in [-0.39, 0.29) is 5.82 Å². The van der Waals surface area contributed by atoms with Crippen LogP contribution in [0.15, 0.2) is 48.5 Å². The summed E-state index contributed by atoms with van der Waals surface area (Å²) in [4.78, 5) is 0. The van der Waals surface area contributed by atoms with Crippen LogP contribution >= 0.6 is 11.6 Å². The smallest absolute Gasteiger partial charge is 0.129 e. The molecule has 0 aromatic heterocycles. The van der Waals surface area contributed by atoms with Gasteiger partial charge in [0.05, 0.1) is 6.61 Å². The fourth-order valence-corrected chi connectivity index (χ4v) is 1.95. The van der Waals surface area contributed by atoms with E-state index in [2.05, 4.69) is 5.32 Å². The number of para-hydroxylation sites is 1. The summed E-state index contributed by atoms with van der Waals surface area (Å²) in [6.45, 7) is 1.91. The first-order valence-electron chi connectivity index (χ1n) is 6.58. The quantitative estimate of drug-likeness (QED) is 0.778. The fourth-order valence-electron chi connectivity index (χ4n) is 1.79. The van der Waals surface area contributed by atoms with Crippen LogP contribution in [0.5, 0.6) is 5.75 Å². The maximum atomic E-state index is 13.5. The molecule has 0 aliphatic heterocycles. The molecule has 0 unspecified atom stereocenters. The van der Waals surface area contributed by atoms with Gasteiger partial charge in [-0.05, 0) is 37.2 Å². The molecule has 0 atom stereocenters. The first-order chi connectivity index (χ1) is 9.75. The van der Waals surface area contributed by atoms with Crippen LogP contribution in [0.25, 0.3) is 0 Å². The first kappa shape index (κ1) is 14.8. The van der Waals surface area contributed by atoms with Gasteiger partial charge < -0.3 is 10.1 Å². The Hall–Kier alpha value is -1.58. The molecule has 0 saturated carbocycles. The van der Waals surface area contributed by atoms with Crippen LogP contribution in [0.3, 0.4) is 0 Å². The van der Waals surface area contributed by atoms with E-state index >= 15 is 0 Å². The molecular formula is C16H17ClFNO. The Morgan fingerprint density at radius 1 is 1.10 bits per heavy atom. The third-order valence-electron chi connectivity index (χ3n) is 2.84. The van der Waals surface area contributed by atoms with E-state index in [0.717, 1.165) is 18.7 Å². The van der Waals surface area contributed by atoms with E-state index < -0.39 is 0 Å². The zero-order valence-electron chi connectivity index (χ0n) is 11.1. The minimum Gasteiger partial charge on any atom is -0.494 e. The largest absolute Gasteiger partial charge is 0.494 e. The summed E-state index contributed by atoms with van der Waals surface area (Å²) >= 11 is 5.70. The predicted octanol–water partition coefficient (Wildman–Crippen LogP) is 4.04. The zero-order chi connectivity index (χ0) is 14.2. The Morgan fingerprint density at radius 2 is 1.90 bits per heavy atom. The lowest BCUT2D eigenvalue weighted by Gasteiger charge is -2.08. The normalized spacial score (nSPS) is 10.5. The highest BCUT2D eigenvalue weighted by atomic mass is 35.5. The van der Waals surface area contributed by atoms with Gasteiger partial charge in [0.2, 0.25) is 0 Å². The SMILES string of the molecule is Fc1cc(Cl)ccc1CNCCCOc1ccccc1. The summed E-state index contributed by atoms with van der Waals surface area (Å²) in [6, 6.07) is 14.4. The Bertz CT molecular complexity index is 533. The third kappa shape index (κ3) is 4.83. The molecule has 0 bridgehead atoms. The van der Waals surface area contributed by atoms with Crippen LogP contribution < -0.4 is 10.1 Å². The minimum atomic E-state index is -0.273. The molecule has 0 fully saturated rings. The molecule has 1 N–H and O–H groups in total. The highest BCUT2D eigenvalue weighted by Crippen LogP contribution is 2.14. The first-order valence-corrected chi connectivity index (χ1v) is 6.96. The number of rotatable bonds is 7. The molecule has 0 aliphatic carbocycles. The molecule has 2 rings (SSSR count). The summed E-state index contributed by atoms with van der Waals surface area (Å²) in [5, 5.41) is 3.60. The molecule has 0 spiro atoms. The predicted molar refractivity (Wildman–Crippen MR) is 79.7 cm³/mol. The van der Waals surface area contributed by atoms with Gasteiger partial charge in [0.25, 0.3) is 0 Å². The second-order valence-electron chi connectivity index (χ2n) is 4.43. The average molecular weight is 294 g/mol. The van der Waals surface area contributed by atoms with Gasteiger partial charge in [-0.25, -0.2) is 4.39 Å².